The Hall–Kier alpha value is -1.94. The zero-order valence-electron chi connectivity index (χ0n) is 51.4. The molecule has 19 heteroatoms. The first-order valence-corrected chi connectivity index (χ1v) is 35.0. The predicted octanol–water partition coefficient (Wildman–Crippen LogP) is 16.5. The van der Waals surface area contributed by atoms with E-state index in [0.717, 1.165) is 115 Å². The maximum atomic E-state index is 12.9. The minimum absolute atomic E-state index is 0.104. The van der Waals surface area contributed by atoms with Crippen LogP contribution in [-0.4, -0.2) is 96.7 Å². The first-order chi connectivity index (χ1) is 38.4. The Morgan fingerprint density at radius 1 is 0.362 bits per heavy atom. The number of unbranched alkanes of at least 4 members (excludes halogenated alkanes) is 29. The topological polar surface area (TPSA) is 237 Å². The second kappa shape index (κ2) is 53.8. The zero-order chi connectivity index (χ0) is 59.4. The summed E-state index contributed by atoms with van der Waals surface area (Å²) in [6, 6.07) is 0. The van der Waals surface area contributed by atoms with E-state index >= 15 is 0 Å². The molecule has 0 aliphatic rings. The molecule has 17 nitrogen and oxygen atoms in total. The highest BCUT2D eigenvalue weighted by Crippen LogP contribution is 2.45. The molecular formula is C61H118O17P2. The van der Waals surface area contributed by atoms with E-state index in [1.165, 1.54) is 103 Å². The van der Waals surface area contributed by atoms with E-state index in [-0.39, 0.29) is 25.7 Å². The molecule has 0 radical (unpaired) electrons. The second-order valence-corrected chi connectivity index (χ2v) is 25.7. The highest BCUT2D eigenvalue weighted by Gasteiger charge is 2.30. The average Bonchev–Trinajstić information content (AvgIpc) is 3.42. The van der Waals surface area contributed by atoms with Crippen LogP contribution < -0.4 is 0 Å². The molecule has 3 unspecified atom stereocenters. The normalized spacial score (nSPS) is 14.7. The largest absolute Gasteiger partial charge is 0.472 e. The van der Waals surface area contributed by atoms with Crippen LogP contribution in [0.3, 0.4) is 0 Å². The highest BCUT2D eigenvalue weighted by molar-refractivity contribution is 7.47. The Bertz CT molecular complexity index is 1580. The van der Waals surface area contributed by atoms with Gasteiger partial charge in [0.25, 0.3) is 0 Å². The van der Waals surface area contributed by atoms with Crippen molar-refractivity contribution < 1.29 is 80.2 Å². The van der Waals surface area contributed by atoms with Crippen LogP contribution >= 0.6 is 15.6 Å². The standard InChI is InChI=1S/C61H118O17P2/c1-7-10-12-14-16-18-21-25-33-39-45-60(65)77-56(49-71-58(63)43-37-31-24-17-15-13-11-8-2)51-75-79(67,68)73-47-55(62)48-74-80(69,70)76-52-57(50-72-59(64)44-38-32-28-27-30-36-42-54(6)9-3)78-61(66)46-40-34-26-22-19-20-23-29-35-41-53(4)5/h53-57,62H,7-52H2,1-6H3,(H,67,68)(H,69,70)/t54?,55-,56+,57+/m0/s1. The van der Waals surface area contributed by atoms with Crippen molar-refractivity contribution in [2.75, 3.05) is 39.6 Å². The van der Waals surface area contributed by atoms with E-state index in [9.17, 15) is 43.2 Å². The Morgan fingerprint density at radius 2 is 0.637 bits per heavy atom. The number of esters is 4. The number of carbonyl (C=O) groups excluding carboxylic acids is 4. The van der Waals surface area contributed by atoms with Gasteiger partial charge in [-0.1, -0.05) is 247 Å². The quantitative estimate of drug-likeness (QED) is 0.0222. The van der Waals surface area contributed by atoms with Crippen LogP contribution in [0, 0.1) is 11.8 Å². The molecular weight excluding hydrogens is 1070 g/mol. The van der Waals surface area contributed by atoms with Crippen LogP contribution in [0.25, 0.3) is 0 Å². The fourth-order valence-corrected chi connectivity index (χ4v) is 10.5. The number of hydrogen-bond donors (Lipinski definition) is 3. The molecule has 80 heavy (non-hydrogen) atoms. The Balaban J connectivity index is 5.24. The lowest BCUT2D eigenvalue weighted by atomic mass is 10.00. The molecule has 0 saturated carbocycles. The van der Waals surface area contributed by atoms with Gasteiger partial charge >= 0.3 is 39.5 Å². The lowest BCUT2D eigenvalue weighted by Crippen LogP contribution is -2.30. The second-order valence-electron chi connectivity index (χ2n) is 22.8. The van der Waals surface area contributed by atoms with Gasteiger partial charge in [0.1, 0.15) is 19.3 Å². The lowest BCUT2D eigenvalue weighted by Gasteiger charge is -2.21. The summed E-state index contributed by atoms with van der Waals surface area (Å²) in [5.74, 6) is -0.674. The summed E-state index contributed by atoms with van der Waals surface area (Å²) in [5.41, 5.74) is 0. The minimum Gasteiger partial charge on any atom is -0.462 e. The first-order valence-electron chi connectivity index (χ1n) is 32.0. The number of ether oxygens (including phenoxy) is 4. The molecule has 0 rings (SSSR count). The summed E-state index contributed by atoms with van der Waals surface area (Å²) in [5, 5.41) is 10.5. The van der Waals surface area contributed by atoms with Crippen molar-refractivity contribution in [2.24, 2.45) is 11.8 Å². The van der Waals surface area contributed by atoms with Gasteiger partial charge in [-0.25, -0.2) is 9.13 Å². The number of aliphatic hydroxyl groups is 1. The number of hydrogen-bond acceptors (Lipinski definition) is 15. The van der Waals surface area contributed by atoms with E-state index in [1.807, 2.05) is 0 Å². The third kappa shape index (κ3) is 54.0. The van der Waals surface area contributed by atoms with Gasteiger partial charge in [-0.15, -0.1) is 0 Å². The smallest absolute Gasteiger partial charge is 0.462 e. The van der Waals surface area contributed by atoms with Crippen LogP contribution in [0.2, 0.25) is 0 Å². The zero-order valence-corrected chi connectivity index (χ0v) is 53.2. The van der Waals surface area contributed by atoms with Crippen molar-refractivity contribution in [1.82, 2.24) is 0 Å². The van der Waals surface area contributed by atoms with Crippen molar-refractivity contribution in [3.05, 3.63) is 0 Å². The lowest BCUT2D eigenvalue weighted by molar-refractivity contribution is -0.161. The molecule has 0 fully saturated rings. The van der Waals surface area contributed by atoms with Crippen molar-refractivity contribution in [3.8, 4) is 0 Å². The minimum atomic E-state index is -4.94. The number of phosphoric acid groups is 2. The van der Waals surface area contributed by atoms with Crippen LogP contribution in [0.15, 0.2) is 0 Å². The summed E-state index contributed by atoms with van der Waals surface area (Å²) in [6.45, 7) is 9.37. The van der Waals surface area contributed by atoms with Crippen molar-refractivity contribution in [3.63, 3.8) is 0 Å². The molecule has 0 aromatic carbocycles. The number of carbonyl (C=O) groups is 4. The predicted molar refractivity (Wildman–Crippen MR) is 317 cm³/mol. The van der Waals surface area contributed by atoms with Gasteiger partial charge in [-0.3, -0.25) is 37.3 Å². The first kappa shape index (κ1) is 78.1. The highest BCUT2D eigenvalue weighted by atomic mass is 31.2. The molecule has 6 atom stereocenters. The number of rotatable bonds is 60. The van der Waals surface area contributed by atoms with Crippen molar-refractivity contribution >= 4 is 39.5 Å². The molecule has 0 saturated heterocycles. The van der Waals surface area contributed by atoms with Crippen LogP contribution in [0.4, 0.5) is 0 Å². The fraction of sp³-hybridized carbons (Fsp3) is 0.934. The van der Waals surface area contributed by atoms with Crippen LogP contribution in [-0.2, 0) is 65.4 Å². The molecule has 0 bridgehead atoms. The summed E-state index contributed by atoms with van der Waals surface area (Å²) >= 11 is 0. The van der Waals surface area contributed by atoms with Crippen LogP contribution in [0.5, 0.6) is 0 Å². The third-order valence-corrected chi connectivity index (χ3v) is 16.2. The monoisotopic (exact) mass is 1180 g/mol. The van der Waals surface area contributed by atoms with Gasteiger partial charge in [0.05, 0.1) is 26.4 Å². The van der Waals surface area contributed by atoms with Crippen LogP contribution in [0.1, 0.15) is 298 Å². The maximum Gasteiger partial charge on any atom is 0.472 e. The molecule has 0 aliphatic carbocycles. The van der Waals surface area contributed by atoms with Gasteiger partial charge < -0.3 is 33.8 Å². The summed E-state index contributed by atoms with van der Waals surface area (Å²) in [6.07, 6.45) is 34.9. The molecule has 0 aromatic rings. The van der Waals surface area contributed by atoms with E-state index in [2.05, 4.69) is 41.5 Å². The molecule has 0 aliphatic heterocycles. The molecule has 0 amide bonds. The number of phosphoric ester groups is 2. The van der Waals surface area contributed by atoms with Gasteiger partial charge in [0.2, 0.25) is 0 Å². The molecule has 0 heterocycles. The Kier molecular flexibility index (Phi) is 52.5. The maximum absolute atomic E-state index is 12.9. The average molecular weight is 1190 g/mol. The number of aliphatic hydroxyl groups excluding tert-OH is 1. The Labute approximate surface area is 486 Å². The SMILES string of the molecule is CCCCCCCCCCCCC(=O)O[C@H](COC(=O)CCCCCCCCCC)COP(=O)(O)OC[C@H](O)COP(=O)(O)OC[C@@H](COC(=O)CCCCCCCCC(C)CC)OC(=O)CCCCCCCCCCCC(C)C. The Morgan fingerprint density at radius 3 is 0.950 bits per heavy atom. The van der Waals surface area contributed by atoms with Crippen molar-refractivity contribution in [1.29, 1.82) is 0 Å². The van der Waals surface area contributed by atoms with E-state index in [4.69, 9.17) is 37.0 Å². The van der Waals surface area contributed by atoms with E-state index in [1.54, 1.807) is 0 Å². The van der Waals surface area contributed by atoms with Gasteiger partial charge in [0.15, 0.2) is 12.2 Å². The van der Waals surface area contributed by atoms with Gasteiger partial charge in [-0.2, -0.15) is 0 Å². The van der Waals surface area contributed by atoms with Gasteiger partial charge in [0, 0.05) is 25.7 Å². The molecule has 474 valence electrons. The third-order valence-electron chi connectivity index (χ3n) is 14.3. The molecule has 0 aromatic heterocycles. The van der Waals surface area contributed by atoms with E-state index in [0.29, 0.717) is 25.7 Å². The summed E-state index contributed by atoms with van der Waals surface area (Å²) in [7, 11) is -9.88. The molecule has 3 N–H and O–H groups in total. The van der Waals surface area contributed by atoms with Gasteiger partial charge in [-0.05, 0) is 37.5 Å². The van der Waals surface area contributed by atoms with Crippen molar-refractivity contribution in [2.45, 2.75) is 317 Å². The summed E-state index contributed by atoms with van der Waals surface area (Å²) < 4.78 is 67.8. The molecule has 0 spiro atoms. The van der Waals surface area contributed by atoms with E-state index < -0.39 is 97.5 Å². The summed E-state index contributed by atoms with van der Waals surface area (Å²) in [4.78, 5) is 72.0. The fourth-order valence-electron chi connectivity index (χ4n) is 8.97.